The first-order chi connectivity index (χ1) is 10.4. The summed E-state index contributed by atoms with van der Waals surface area (Å²) in [5.41, 5.74) is 5.45. The smallest absolute Gasteiger partial charge is 0.326 e. The van der Waals surface area contributed by atoms with Crippen LogP contribution in [0.15, 0.2) is 24.3 Å². The molecule has 0 radical (unpaired) electrons. The van der Waals surface area contributed by atoms with Crippen LogP contribution in [0.5, 0.6) is 5.75 Å². The number of ether oxygens (including phenoxy) is 1. The van der Waals surface area contributed by atoms with E-state index >= 15 is 0 Å². The first-order valence-electron chi connectivity index (χ1n) is 6.99. The number of hydrogen-bond donors (Lipinski definition) is 3. The molecule has 1 atom stereocenters. The number of nitrogens with two attached hydrogens (primary N) is 1. The molecule has 0 aliphatic heterocycles. The number of rotatable bonds is 9. The van der Waals surface area contributed by atoms with Crippen molar-refractivity contribution in [2.24, 2.45) is 5.73 Å². The first kappa shape index (κ1) is 17.5. The topological polar surface area (TPSA) is 119 Å². The summed E-state index contributed by atoms with van der Waals surface area (Å²) in [6.07, 6.45) is 1.94. The van der Waals surface area contributed by atoms with Crippen LogP contribution in [0.1, 0.15) is 36.5 Å². The van der Waals surface area contributed by atoms with E-state index in [-0.39, 0.29) is 6.61 Å². The highest BCUT2D eigenvalue weighted by Gasteiger charge is 2.19. The van der Waals surface area contributed by atoms with Gasteiger partial charge in [0.1, 0.15) is 11.8 Å². The van der Waals surface area contributed by atoms with Gasteiger partial charge in [-0.3, -0.25) is 9.59 Å². The van der Waals surface area contributed by atoms with E-state index in [1.54, 1.807) is 0 Å². The monoisotopic (exact) mass is 308 g/mol. The number of nitrogens with one attached hydrogen (secondary N) is 1. The van der Waals surface area contributed by atoms with Crippen molar-refractivity contribution in [1.82, 2.24) is 5.32 Å². The Kier molecular flexibility index (Phi) is 6.88. The van der Waals surface area contributed by atoms with E-state index < -0.39 is 23.8 Å². The zero-order valence-corrected chi connectivity index (χ0v) is 12.4. The fraction of sp³-hybridized carbons (Fsp3) is 0.400. The van der Waals surface area contributed by atoms with Crippen LogP contribution in [0.25, 0.3) is 0 Å². The van der Waals surface area contributed by atoms with Crippen molar-refractivity contribution in [3.05, 3.63) is 29.8 Å². The average molecular weight is 308 g/mol. The Morgan fingerprint density at radius 2 is 1.91 bits per heavy atom. The Bertz CT molecular complexity index is 527. The van der Waals surface area contributed by atoms with Crippen molar-refractivity contribution in [1.29, 1.82) is 0 Å². The van der Waals surface area contributed by atoms with Gasteiger partial charge in [0.2, 0.25) is 5.91 Å². The fourth-order valence-corrected chi connectivity index (χ4v) is 1.77. The zero-order valence-electron chi connectivity index (χ0n) is 12.4. The predicted octanol–water partition coefficient (Wildman–Crippen LogP) is 0.924. The van der Waals surface area contributed by atoms with E-state index in [4.69, 9.17) is 15.6 Å². The molecule has 22 heavy (non-hydrogen) atoms. The van der Waals surface area contributed by atoms with Crippen LogP contribution in [0.4, 0.5) is 0 Å². The molecule has 7 nitrogen and oxygen atoms in total. The number of aliphatic carboxylic acids is 1. The van der Waals surface area contributed by atoms with E-state index in [9.17, 15) is 14.4 Å². The second kappa shape index (κ2) is 8.66. The summed E-state index contributed by atoms with van der Waals surface area (Å²) >= 11 is 0. The van der Waals surface area contributed by atoms with E-state index in [0.29, 0.717) is 24.2 Å². The lowest BCUT2D eigenvalue weighted by Crippen LogP contribution is -2.42. The van der Waals surface area contributed by atoms with Gasteiger partial charge in [-0.15, -0.1) is 0 Å². The van der Waals surface area contributed by atoms with E-state index in [1.165, 1.54) is 24.3 Å². The summed E-state index contributed by atoms with van der Waals surface area (Å²) in [4.78, 5) is 33.6. The Hall–Kier alpha value is -2.57. The van der Waals surface area contributed by atoms with Gasteiger partial charge in [-0.1, -0.05) is 19.8 Å². The number of amides is 2. The number of carboxylic acids is 1. The molecule has 2 amide bonds. The lowest BCUT2D eigenvalue weighted by molar-refractivity contribution is -0.142. The van der Waals surface area contributed by atoms with E-state index in [1.807, 2.05) is 6.92 Å². The molecule has 0 aliphatic carbocycles. The predicted molar refractivity (Wildman–Crippen MR) is 79.5 cm³/mol. The van der Waals surface area contributed by atoms with Gasteiger partial charge in [-0.05, 0) is 30.7 Å². The molecule has 0 saturated heterocycles. The Morgan fingerprint density at radius 3 is 2.41 bits per heavy atom. The second-order valence-corrected chi connectivity index (χ2v) is 4.78. The largest absolute Gasteiger partial charge is 0.484 e. The summed E-state index contributed by atoms with van der Waals surface area (Å²) in [5, 5.41) is 11.4. The highest BCUT2D eigenvalue weighted by Crippen LogP contribution is 2.11. The number of carboxylic acid groups (broad SMARTS) is 1. The third-order valence-corrected chi connectivity index (χ3v) is 2.99. The maximum absolute atomic E-state index is 11.7. The molecular weight excluding hydrogens is 288 g/mol. The molecule has 1 rings (SSSR count). The van der Waals surface area contributed by atoms with Gasteiger partial charge in [-0.25, -0.2) is 4.79 Å². The van der Waals surface area contributed by atoms with Crippen LogP contribution in [0, 0.1) is 0 Å². The van der Waals surface area contributed by atoms with Crippen LogP contribution in [0.3, 0.4) is 0 Å². The summed E-state index contributed by atoms with van der Waals surface area (Å²) in [6.45, 7) is 1.64. The summed E-state index contributed by atoms with van der Waals surface area (Å²) < 4.78 is 5.23. The molecule has 0 aromatic heterocycles. The molecule has 0 heterocycles. The Morgan fingerprint density at radius 1 is 1.27 bits per heavy atom. The second-order valence-electron chi connectivity index (χ2n) is 4.78. The molecule has 1 aromatic rings. The Labute approximate surface area is 128 Å². The fourth-order valence-electron chi connectivity index (χ4n) is 1.77. The van der Waals surface area contributed by atoms with Crippen molar-refractivity contribution in [3.8, 4) is 5.75 Å². The van der Waals surface area contributed by atoms with Gasteiger partial charge < -0.3 is 20.9 Å². The Balaban J connectivity index is 2.47. The number of primary amides is 1. The first-order valence-corrected chi connectivity index (χ1v) is 6.99. The normalized spacial score (nSPS) is 11.5. The number of unbranched alkanes of at least 4 members (excludes halogenated alkanes) is 1. The van der Waals surface area contributed by atoms with Crippen LogP contribution in [-0.4, -0.2) is 35.5 Å². The van der Waals surface area contributed by atoms with Crippen LogP contribution in [-0.2, 0) is 9.59 Å². The van der Waals surface area contributed by atoms with Crippen LogP contribution in [0.2, 0.25) is 0 Å². The lowest BCUT2D eigenvalue weighted by Gasteiger charge is -2.14. The minimum atomic E-state index is -1.06. The summed E-state index contributed by atoms with van der Waals surface area (Å²) in [5.74, 6) is -1.74. The summed E-state index contributed by atoms with van der Waals surface area (Å²) in [7, 11) is 0. The quantitative estimate of drug-likeness (QED) is 0.627. The molecule has 1 aromatic carbocycles. The van der Waals surface area contributed by atoms with Gasteiger partial charge in [0.15, 0.2) is 6.61 Å². The number of carbonyl (C=O) groups excluding carboxylic acids is 2. The highest BCUT2D eigenvalue weighted by atomic mass is 16.5. The molecule has 0 unspecified atom stereocenters. The third-order valence-electron chi connectivity index (χ3n) is 2.99. The molecule has 0 fully saturated rings. The van der Waals surface area contributed by atoms with E-state index in [0.717, 1.165) is 6.42 Å². The molecule has 0 aliphatic rings. The van der Waals surface area contributed by atoms with Gasteiger partial charge in [-0.2, -0.15) is 0 Å². The van der Waals surface area contributed by atoms with Gasteiger partial charge >= 0.3 is 5.97 Å². The number of hydrogen-bond acceptors (Lipinski definition) is 4. The minimum Gasteiger partial charge on any atom is -0.484 e. The molecular formula is C15H20N2O5. The molecule has 0 bridgehead atoms. The SMILES string of the molecule is CCCC[C@H](NC(=O)COc1ccc(C(N)=O)cc1)C(=O)O. The van der Waals surface area contributed by atoms with E-state index in [2.05, 4.69) is 5.32 Å². The van der Waals surface area contributed by atoms with Crippen molar-refractivity contribution < 1.29 is 24.2 Å². The van der Waals surface area contributed by atoms with Gasteiger partial charge in [0, 0.05) is 5.56 Å². The van der Waals surface area contributed by atoms with Gasteiger partial charge in [0.05, 0.1) is 0 Å². The molecule has 0 saturated carbocycles. The van der Waals surface area contributed by atoms with Crippen molar-refractivity contribution >= 4 is 17.8 Å². The molecule has 4 N–H and O–H groups in total. The molecule has 7 heteroatoms. The average Bonchev–Trinajstić information content (AvgIpc) is 2.49. The van der Waals surface area contributed by atoms with Gasteiger partial charge in [0.25, 0.3) is 5.91 Å². The van der Waals surface area contributed by atoms with Crippen LogP contribution < -0.4 is 15.8 Å². The maximum atomic E-state index is 11.7. The number of carbonyl (C=O) groups is 3. The zero-order chi connectivity index (χ0) is 16.5. The van der Waals surface area contributed by atoms with Crippen molar-refractivity contribution in [2.45, 2.75) is 32.2 Å². The summed E-state index contributed by atoms with van der Waals surface area (Å²) in [6, 6.07) is 5.08. The highest BCUT2D eigenvalue weighted by molar-refractivity contribution is 5.92. The molecule has 0 spiro atoms. The van der Waals surface area contributed by atoms with Crippen LogP contribution >= 0.6 is 0 Å². The maximum Gasteiger partial charge on any atom is 0.326 e. The lowest BCUT2D eigenvalue weighted by atomic mass is 10.1. The third kappa shape index (κ3) is 5.82. The van der Waals surface area contributed by atoms with Crippen molar-refractivity contribution in [2.75, 3.05) is 6.61 Å². The minimum absolute atomic E-state index is 0.300. The standard InChI is InChI=1S/C15H20N2O5/c1-2-3-4-12(15(20)21)17-13(18)9-22-11-7-5-10(6-8-11)14(16)19/h5-8,12H,2-4,9H2,1H3,(H2,16,19)(H,17,18)(H,20,21)/t12-/m0/s1. The molecule has 120 valence electrons. The van der Waals surface area contributed by atoms with Crippen molar-refractivity contribution in [3.63, 3.8) is 0 Å². The number of benzene rings is 1.